The molecule has 0 aliphatic heterocycles. The first-order chi connectivity index (χ1) is 11.0. The van der Waals surface area contributed by atoms with Gasteiger partial charge in [0.1, 0.15) is 5.75 Å². The van der Waals surface area contributed by atoms with Crippen LogP contribution in [0, 0.1) is 10.1 Å². The third-order valence-corrected chi connectivity index (χ3v) is 3.26. The Labute approximate surface area is 138 Å². The molecule has 6 nitrogen and oxygen atoms in total. The lowest BCUT2D eigenvalue weighted by Crippen LogP contribution is -2.24. The average Bonchev–Trinajstić information content (AvgIpc) is 2.53. The zero-order chi connectivity index (χ0) is 16.7. The number of ether oxygens (including phenoxy) is 1. The van der Waals surface area contributed by atoms with Gasteiger partial charge in [-0.15, -0.1) is 0 Å². The van der Waals surface area contributed by atoms with Gasteiger partial charge in [-0.2, -0.15) is 0 Å². The van der Waals surface area contributed by atoms with Crippen LogP contribution in [-0.2, 0) is 11.3 Å². The van der Waals surface area contributed by atoms with Crippen molar-refractivity contribution < 1.29 is 14.5 Å². The zero-order valence-corrected chi connectivity index (χ0v) is 13.0. The molecule has 7 heteroatoms. The maximum absolute atomic E-state index is 11.7. The number of carbonyl (C=O) groups excluding carboxylic acids is 1. The van der Waals surface area contributed by atoms with Crippen molar-refractivity contribution in [3.63, 3.8) is 0 Å². The Hall–Kier alpha value is -2.60. The summed E-state index contributed by atoms with van der Waals surface area (Å²) in [6, 6.07) is 13.0. The van der Waals surface area contributed by atoms with Crippen LogP contribution in [0.25, 0.3) is 0 Å². The lowest BCUT2D eigenvalue weighted by Gasteiger charge is -2.07. The minimum atomic E-state index is -0.479. The van der Waals surface area contributed by atoms with E-state index in [1.807, 2.05) is 12.1 Å². The third-order valence-electron chi connectivity index (χ3n) is 3.02. The topological polar surface area (TPSA) is 81.5 Å². The molecule has 2 rings (SSSR count). The van der Waals surface area contributed by atoms with Crippen LogP contribution in [-0.4, -0.2) is 17.4 Å². The molecule has 0 saturated carbocycles. The highest BCUT2D eigenvalue weighted by Gasteiger charge is 2.06. The summed E-state index contributed by atoms with van der Waals surface area (Å²) >= 11 is 5.87. The van der Waals surface area contributed by atoms with Gasteiger partial charge in [-0.3, -0.25) is 14.9 Å². The minimum Gasteiger partial charge on any atom is -0.493 e. The maximum Gasteiger partial charge on any atom is 0.269 e. The molecule has 0 fully saturated rings. The molecule has 0 atom stereocenters. The van der Waals surface area contributed by atoms with Gasteiger partial charge in [-0.25, -0.2) is 0 Å². The van der Waals surface area contributed by atoms with Crippen molar-refractivity contribution in [1.82, 2.24) is 5.32 Å². The summed E-state index contributed by atoms with van der Waals surface area (Å²) < 4.78 is 5.38. The van der Waals surface area contributed by atoms with Crippen LogP contribution >= 0.6 is 11.6 Å². The largest absolute Gasteiger partial charge is 0.493 e. The highest BCUT2D eigenvalue weighted by Crippen LogP contribution is 2.17. The SMILES string of the molecule is O=C(CCOc1ccc([N+](=O)[O-])cc1)NCc1cccc(Cl)c1. The Morgan fingerprint density at radius 3 is 2.61 bits per heavy atom. The molecule has 0 radical (unpaired) electrons. The Kier molecular flexibility index (Phi) is 5.94. The number of carbonyl (C=O) groups is 1. The monoisotopic (exact) mass is 334 g/mol. The van der Waals surface area contributed by atoms with E-state index in [-0.39, 0.29) is 24.6 Å². The van der Waals surface area contributed by atoms with E-state index in [2.05, 4.69) is 5.32 Å². The van der Waals surface area contributed by atoms with Crippen molar-refractivity contribution in [3.8, 4) is 5.75 Å². The fourth-order valence-electron chi connectivity index (χ4n) is 1.86. The van der Waals surface area contributed by atoms with Gasteiger partial charge in [0, 0.05) is 23.7 Å². The molecule has 120 valence electrons. The number of nitrogens with zero attached hydrogens (tertiary/aromatic N) is 1. The van der Waals surface area contributed by atoms with E-state index >= 15 is 0 Å². The lowest BCUT2D eigenvalue weighted by atomic mass is 10.2. The number of nitro benzene ring substituents is 1. The summed E-state index contributed by atoms with van der Waals surface area (Å²) in [5.74, 6) is 0.338. The standard InChI is InChI=1S/C16H15ClN2O4/c17-13-3-1-2-12(10-13)11-18-16(20)8-9-23-15-6-4-14(5-7-15)19(21)22/h1-7,10H,8-9,11H2,(H,18,20). The molecule has 23 heavy (non-hydrogen) atoms. The average molecular weight is 335 g/mol. The maximum atomic E-state index is 11.7. The van der Waals surface area contributed by atoms with Gasteiger partial charge in [0.2, 0.25) is 5.91 Å². The number of non-ortho nitro benzene ring substituents is 1. The molecule has 2 aromatic rings. The predicted molar refractivity (Wildman–Crippen MR) is 86.5 cm³/mol. The van der Waals surface area contributed by atoms with Crippen molar-refractivity contribution in [1.29, 1.82) is 0 Å². The summed E-state index contributed by atoms with van der Waals surface area (Å²) in [6.07, 6.45) is 0.192. The summed E-state index contributed by atoms with van der Waals surface area (Å²) in [7, 11) is 0. The molecule has 0 aliphatic carbocycles. The first kappa shape index (κ1) is 16.8. The summed E-state index contributed by atoms with van der Waals surface area (Å²) in [5.41, 5.74) is 0.916. The smallest absolute Gasteiger partial charge is 0.269 e. The van der Waals surface area contributed by atoms with E-state index in [9.17, 15) is 14.9 Å². The second-order valence-corrected chi connectivity index (χ2v) is 5.19. The molecule has 1 amide bonds. The molecule has 0 aromatic heterocycles. The van der Waals surface area contributed by atoms with Gasteiger partial charge in [-0.1, -0.05) is 23.7 Å². The van der Waals surface area contributed by atoms with E-state index in [4.69, 9.17) is 16.3 Å². The summed E-state index contributed by atoms with van der Waals surface area (Å²) in [6.45, 7) is 0.593. The predicted octanol–water partition coefficient (Wildman–Crippen LogP) is 3.33. The van der Waals surface area contributed by atoms with Gasteiger partial charge in [0.25, 0.3) is 5.69 Å². The van der Waals surface area contributed by atoms with E-state index in [1.165, 1.54) is 24.3 Å². The molecular formula is C16H15ClN2O4. The number of amides is 1. The molecule has 0 unspecified atom stereocenters. The van der Waals surface area contributed by atoms with Gasteiger partial charge >= 0.3 is 0 Å². The molecule has 0 bridgehead atoms. The van der Waals surface area contributed by atoms with E-state index in [0.29, 0.717) is 17.3 Å². The highest BCUT2D eigenvalue weighted by molar-refractivity contribution is 6.30. The number of benzene rings is 2. The summed E-state index contributed by atoms with van der Waals surface area (Å²) in [4.78, 5) is 21.8. The fourth-order valence-corrected chi connectivity index (χ4v) is 2.07. The van der Waals surface area contributed by atoms with Crippen LogP contribution in [0.1, 0.15) is 12.0 Å². The van der Waals surface area contributed by atoms with Crippen molar-refractivity contribution in [3.05, 3.63) is 69.2 Å². The van der Waals surface area contributed by atoms with Crippen molar-refractivity contribution >= 4 is 23.2 Å². The molecule has 1 N–H and O–H groups in total. The molecule has 0 heterocycles. The van der Waals surface area contributed by atoms with Crippen molar-refractivity contribution in [2.45, 2.75) is 13.0 Å². The minimum absolute atomic E-state index is 0.00313. The van der Waals surface area contributed by atoms with Crippen LogP contribution in [0.4, 0.5) is 5.69 Å². The molecule has 0 spiro atoms. The van der Waals surface area contributed by atoms with E-state index in [0.717, 1.165) is 5.56 Å². The number of halogens is 1. The number of nitro groups is 1. The number of hydrogen-bond acceptors (Lipinski definition) is 4. The van der Waals surface area contributed by atoms with E-state index in [1.54, 1.807) is 12.1 Å². The quantitative estimate of drug-likeness (QED) is 0.622. The molecule has 0 saturated heterocycles. The highest BCUT2D eigenvalue weighted by atomic mass is 35.5. The lowest BCUT2D eigenvalue weighted by molar-refractivity contribution is -0.384. The summed E-state index contributed by atoms with van der Waals surface area (Å²) in [5, 5.41) is 13.9. The van der Waals surface area contributed by atoms with Gasteiger partial charge in [-0.05, 0) is 29.8 Å². The second kappa shape index (κ2) is 8.14. The Balaban J connectivity index is 1.71. The Morgan fingerprint density at radius 1 is 1.22 bits per heavy atom. The van der Waals surface area contributed by atoms with Crippen LogP contribution < -0.4 is 10.1 Å². The molecular weight excluding hydrogens is 320 g/mol. The second-order valence-electron chi connectivity index (χ2n) is 4.76. The van der Waals surface area contributed by atoms with Crippen molar-refractivity contribution in [2.75, 3.05) is 6.61 Å². The van der Waals surface area contributed by atoms with Crippen LogP contribution in [0.3, 0.4) is 0 Å². The Morgan fingerprint density at radius 2 is 1.96 bits per heavy atom. The number of nitrogens with one attached hydrogen (secondary N) is 1. The van der Waals surface area contributed by atoms with Gasteiger partial charge in [0.15, 0.2) is 0 Å². The molecule has 2 aromatic carbocycles. The third kappa shape index (κ3) is 5.60. The van der Waals surface area contributed by atoms with Crippen LogP contribution in [0.2, 0.25) is 5.02 Å². The molecule has 0 aliphatic rings. The van der Waals surface area contributed by atoms with E-state index < -0.39 is 4.92 Å². The van der Waals surface area contributed by atoms with Gasteiger partial charge in [0.05, 0.1) is 18.0 Å². The van der Waals surface area contributed by atoms with Gasteiger partial charge < -0.3 is 10.1 Å². The first-order valence-electron chi connectivity index (χ1n) is 6.93. The van der Waals surface area contributed by atoms with Crippen LogP contribution in [0.15, 0.2) is 48.5 Å². The van der Waals surface area contributed by atoms with Crippen LogP contribution in [0.5, 0.6) is 5.75 Å². The fraction of sp³-hybridized carbons (Fsp3) is 0.188. The normalized spacial score (nSPS) is 10.1. The number of hydrogen-bond donors (Lipinski definition) is 1. The van der Waals surface area contributed by atoms with Crippen molar-refractivity contribution in [2.24, 2.45) is 0 Å². The first-order valence-corrected chi connectivity index (χ1v) is 7.31. The number of rotatable bonds is 7. The Bertz CT molecular complexity index is 689. The zero-order valence-electron chi connectivity index (χ0n) is 12.2.